The number of fused-ring (bicyclic) bond motifs is 5. The second-order valence-electron chi connectivity index (χ2n) is 23.8. The molecule has 7 aliphatic rings. The molecule has 3 saturated heterocycles. The van der Waals surface area contributed by atoms with Crippen molar-refractivity contribution in [3.8, 4) is 0 Å². The molecule has 26 atom stereocenters. The largest absolute Gasteiger partial charge is 0.394 e. The smallest absolute Gasteiger partial charge is 0.187 e. The lowest BCUT2D eigenvalue weighted by Gasteiger charge is -2.71. The zero-order valence-electron chi connectivity index (χ0n) is 40.9. The van der Waals surface area contributed by atoms with Crippen molar-refractivity contribution in [1.29, 1.82) is 0 Å². The van der Waals surface area contributed by atoms with Gasteiger partial charge in [-0.3, -0.25) is 0 Å². The van der Waals surface area contributed by atoms with E-state index in [-0.39, 0.29) is 47.3 Å². The topological polar surface area (TPSA) is 339 Å². The molecule has 4 saturated carbocycles. The molecule has 7 rings (SSSR count). The fourth-order valence-electron chi connectivity index (χ4n) is 15.0. The molecule has 3 aliphatic heterocycles. The van der Waals surface area contributed by atoms with Gasteiger partial charge in [0.15, 0.2) is 18.9 Å². The van der Waals surface area contributed by atoms with Crippen molar-refractivity contribution < 1.29 is 99.9 Å². The van der Waals surface area contributed by atoms with Crippen molar-refractivity contribution in [2.45, 2.75) is 235 Å². The van der Waals surface area contributed by atoms with Gasteiger partial charge in [-0.15, -0.1) is 0 Å². The Balaban J connectivity index is 1.14. The van der Waals surface area contributed by atoms with Crippen molar-refractivity contribution in [3.63, 3.8) is 0 Å². The number of ether oxygens (including phenoxy) is 6. The molecular weight excluding hydrogens is 897 g/mol. The SMILES string of the molecule is CC(C)(O)C(O)CC[C@](C)(O[C@@H]1O[C@H](CO)[C@@H](O)[C@H](O)[C@H]1O)C1CC[C@]2(C)C1[C@H](O)C[C@@H]1[C@@]3(C)CC[C@H](O[C@@H]4O[C@H](CO)[C@@H](O)[C@H](O)[C@H]4O[C@@H]4O[C@H](CO)[C@@H](O)[C@H](O)[C@H]4O)C(C)(C)C3CC[C@]12C. The second-order valence-corrected chi connectivity index (χ2v) is 23.8. The maximum absolute atomic E-state index is 12.7. The molecule has 0 spiro atoms. The minimum absolute atomic E-state index is 0.0301. The summed E-state index contributed by atoms with van der Waals surface area (Å²) in [5.41, 5.74) is -4.27. The zero-order valence-corrected chi connectivity index (χ0v) is 40.9. The summed E-state index contributed by atoms with van der Waals surface area (Å²) >= 11 is 0. The molecule has 14 N–H and O–H groups in total. The predicted octanol–water partition coefficient (Wildman–Crippen LogP) is -1.86. The number of hydrogen-bond donors (Lipinski definition) is 14. The van der Waals surface area contributed by atoms with Gasteiger partial charge >= 0.3 is 0 Å². The van der Waals surface area contributed by atoms with E-state index in [0.717, 1.165) is 19.3 Å². The highest BCUT2D eigenvalue weighted by molar-refractivity contribution is 5.20. The minimum atomic E-state index is -1.81. The summed E-state index contributed by atoms with van der Waals surface area (Å²) in [4.78, 5) is 0. The van der Waals surface area contributed by atoms with Gasteiger partial charge in [-0.25, -0.2) is 0 Å². The van der Waals surface area contributed by atoms with Crippen LogP contribution in [0.2, 0.25) is 0 Å². The summed E-state index contributed by atoms with van der Waals surface area (Å²) in [6, 6.07) is 0. The monoisotopic (exact) mass is 981 g/mol. The van der Waals surface area contributed by atoms with Crippen LogP contribution in [0.25, 0.3) is 0 Å². The van der Waals surface area contributed by atoms with Crippen LogP contribution in [0.4, 0.5) is 0 Å². The lowest BCUT2D eigenvalue weighted by Crippen LogP contribution is -2.68. The van der Waals surface area contributed by atoms with E-state index in [2.05, 4.69) is 34.6 Å². The van der Waals surface area contributed by atoms with Crippen LogP contribution in [0, 0.1) is 45.3 Å². The van der Waals surface area contributed by atoms with Crippen molar-refractivity contribution in [1.82, 2.24) is 0 Å². The Hall–Kier alpha value is -0.800. The van der Waals surface area contributed by atoms with E-state index < -0.39 is 152 Å². The lowest BCUT2D eigenvalue weighted by molar-refractivity contribution is -0.378. The van der Waals surface area contributed by atoms with E-state index in [1.807, 2.05) is 6.92 Å². The molecule has 396 valence electrons. The summed E-state index contributed by atoms with van der Waals surface area (Å²) in [5, 5.41) is 151. The Bertz CT molecular complexity index is 1700. The second kappa shape index (κ2) is 19.8. The molecule has 4 unspecified atom stereocenters. The van der Waals surface area contributed by atoms with E-state index in [1.165, 1.54) is 13.8 Å². The molecule has 4 aliphatic carbocycles. The first-order chi connectivity index (χ1) is 31.6. The Kier molecular flexibility index (Phi) is 16.0. The molecule has 0 aromatic rings. The molecule has 0 bridgehead atoms. The molecule has 3 heterocycles. The van der Waals surface area contributed by atoms with Crippen LogP contribution in [0.15, 0.2) is 0 Å². The highest BCUT2D eigenvalue weighted by atomic mass is 16.8. The highest BCUT2D eigenvalue weighted by Crippen LogP contribution is 2.76. The molecule has 0 aromatic heterocycles. The predicted molar refractivity (Wildman–Crippen MR) is 236 cm³/mol. The normalized spacial score (nSPS) is 52.1. The first-order valence-electron chi connectivity index (χ1n) is 24.9. The summed E-state index contributed by atoms with van der Waals surface area (Å²) in [7, 11) is 0. The maximum Gasteiger partial charge on any atom is 0.187 e. The van der Waals surface area contributed by atoms with Crippen LogP contribution in [0.3, 0.4) is 0 Å². The van der Waals surface area contributed by atoms with Gasteiger partial charge in [0.2, 0.25) is 0 Å². The summed E-state index contributed by atoms with van der Waals surface area (Å²) in [5.74, 6) is -0.603. The average Bonchev–Trinajstić information content (AvgIpc) is 3.67. The van der Waals surface area contributed by atoms with Crippen LogP contribution in [0.5, 0.6) is 0 Å². The van der Waals surface area contributed by atoms with Gasteiger partial charge in [0.1, 0.15) is 73.2 Å². The van der Waals surface area contributed by atoms with Gasteiger partial charge < -0.3 is 99.9 Å². The van der Waals surface area contributed by atoms with Crippen LogP contribution in [-0.2, 0) is 28.4 Å². The standard InChI is InChI=1S/C48H84O20/c1-43(2)26-10-15-46(6)27(45(26,5)13-12-29(43)66-42-39(36(59)33(56)25(20-51)65-42)67-40-37(60)34(57)31(54)23(18-49)63-40)17-22(52)30-21(9-14-47(30,46)7)48(8,16-11-28(53)44(3,4)62)68-41-38(61)35(58)32(55)24(19-50)64-41/h21-42,49-62H,9-20H2,1-8H3/t21?,22-,23-,24-,25-,26?,27-,28?,29+,30?,31-,32-,33-,34+,35+,36+,37-,38-,39-,40+,41+,42+,45+,46-,47-,48+/m1/s1. The molecular formula is C48H84O20. The lowest BCUT2D eigenvalue weighted by atomic mass is 9.35. The highest BCUT2D eigenvalue weighted by Gasteiger charge is 2.72. The molecule has 20 nitrogen and oxygen atoms in total. The van der Waals surface area contributed by atoms with Crippen LogP contribution in [-0.4, -0.2) is 213 Å². The van der Waals surface area contributed by atoms with Gasteiger partial charge in [0.05, 0.1) is 49.3 Å². The van der Waals surface area contributed by atoms with Gasteiger partial charge in [-0.1, -0.05) is 34.6 Å². The third kappa shape index (κ3) is 9.17. The Morgan fingerprint density at radius 2 is 1.10 bits per heavy atom. The van der Waals surface area contributed by atoms with Gasteiger partial charge in [0.25, 0.3) is 0 Å². The molecule has 68 heavy (non-hydrogen) atoms. The number of aliphatic hydroxyl groups is 14. The molecule has 0 amide bonds. The van der Waals surface area contributed by atoms with E-state index in [4.69, 9.17) is 28.4 Å². The van der Waals surface area contributed by atoms with Crippen molar-refractivity contribution in [2.75, 3.05) is 19.8 Å². The summed E-state index contributed by atoms with van der Waals surface area (Å²) < 4.78 is 37.0. The molecule has 0 aromatic carbocycles. The van der Waals surface area contributed by atoms with Crippen LogP contribution >= 0.6 is 0 Å². The van der Waals surface area contributed by atoms with Crippen molar-refractivity contribution >= 4 is 0 Å². The molecule has 0 radical (unpaired) electrons. The molecule has 20 heteroatoms. The van der Waals surface area contributed by atoms with Crippen LogP contribution < -0.4 is 0 Å². The van der Waals surface area contributed by atoms with E-state index in [0.29, 0.717) is 25.7 Å². The van der Waals surface area contributed by atoms with E-state index in [9.17, 15) is 71.5 Å². The fraction of sp³-hybridized carbons (Fsp3) is 1.00. The number of hydrogen-bond acceptors (Lipinski definition) is 20. The zero-order chi connectivity index (χ0) is 50.4. The minimum Gasteiger partial charge on any atom is -0.394 e. The first-order valence-corrected chi connectivity index (χ1v) is 24.9. The van der Waals surface area contributed by atoms with E-state index >= 15 is 0 Å². The number of aliphatic hydroxyl groups excluding tert-OH is 13. The van der Waals surface area contributed by atoms with Crippen molar-refractivity contribution in [2.24, 2.45) is 45.3 Å². The van der Waals surface area contributed by atoms with Gasteiger partial charge in [0, 0.05) is 0 Å². The number of rotatable bonds is 14. The first kappa shape index (κ1) is 55.0. The van der Waals surface area contributed by atoms with Gasteiger partial charge in [-0.2, -0.15) is 0 Å². The molecule has 7 fully saturated rings. The summed E-state index contributed by atoms with van der Waals surface area (Å²) in [6.07, 6.45) is -21.0. The quantitative estimate of drug-likeness (QED) is 0.0849. The third-order valence-corrected chi connectivity index (χ3v) is 19.3. The van der Waals surface area contributed by atoms with Gasteiger partial charge in [-0.05, 0) is 124 Å². The Morgan fingerprint density at radius 3 is 1.66 bits per heavy atom. The third-order valence-electron chi connectivity index (χ3n) is 19.3. The van der Waals surface area contributed by atoms with Crippen LogP contribution in [0.1, 0.15) is 113 Å². The Labute approximate surface area is 399 Å². The Morgan fingerprint density at radius 1 is 0.588 bits per heavy atom. The van der Waals surface area contributed by atoms with Crippen molar-refractivity contribution in [3.05, 3.63) is 0 Å². The summed E-state index contributed by atoms with van der Waals surface area (Å²) in [6.45, 7) is 14.0. The average molecular weight is 981 g/mol. The fourth-order valence-corrected chi connectivity index (χ4v) is 15.0. The van der Waals surface area contributed by atoms with E-state index in [1.54, 1.807) is 0 Å². The maximum atomic E-state index is 12.7.